The number of carbonyl (C=O) groups excluding carboxylic acids is 1. The Balaban J connectivity index is 1.83. The Morgan fingerprint density at radius 3 is 2.58 bits per heavy atom. The number of amides is 1. The minimum atomic E-state index is -0.205. The van der Waals surface area contributed by atoms with Crippen molar-refractivity contribution in [2.45, 2.75) is 6.92 Å². The van der Waals surface area contributed by atoms with E-state index in [-0.39, 0.29) is 5.91 Å². The molecule has 1 aliphatic heterocycles. The second-order valence-corrected chi connectivity index (χ2v) is 6.70. The first-order chi connectivity index (χ1) is 12.5. The molecule has 0 unspecified atom stereocenters. The van der Waals surface area contributed by atoms with Gasteiger partial charge >= 0.3 is 0 Å². The van der Waals surface area contributed by atoms with E-state index in [0.717, 1.165) is 37.4 Å². The lowest BCUT2D eigenvalue weighted by molar-refractivity contribution is 0.102. The van der Waals surface area contributed by atoms with E-state index in [1.165, 1.54) is 0 Å². The maximum absolute atomic E-state index is 12.6. The molecule has 0 saturated carbocycles. The molecule has 1 fully saturated rings. The Morgan fingerprint density at radius 2 is 1.88 bits per heavy atom. The highest BCUT2D eigenvalue weighted by molar-refractivity contribution is 6.06. The van der Waals surface area contributed by atoms with E-state index in [4.69, 9.17) is 10.5 Å². The molecule has 0 aliphatic carbocycles. The van der Waals surface area contributed by atoms with E-state index < -0.39 is 0 Å². The first kappa shape index (κ1) is 18.1. The Bertz CT molecular complexity index is 798. The van der Waals surface area contributed by atoms with Crippen LogP contribution in [-0.2, 0) is 0 Å². The van der Waals surface area contributed by atoms with Crippen LogP contribution in [0.1, 0.15) is 15.9 Å². The van der Waals surface area contributed by atoms with Crippen molar-refractivity contribution in [2.75, 3.05) is 56.3 Å². The maximum atomic E-state index is 12.6. The number of benzene rings is 2. The molecule has 1 heterocycles. The van der Waals surface area contributed by atoms with Crippen molar-refractivity contribution in [1.82, 2.24) is 4.90 Å². The fourth-order valence-electron chi connectivity index (χ4n) is 3.17. The molecule has 1 saturated heterocycles. The van der Waals surface area contributed by atoms with Gasteiger partial charge in [-0.25, -0.2) is 0 Å². The van der Waals surface area contributed by atoms with Crippen LogP contribution in [-0.4, -0.2) is 51.1 Å². The molecule has 26 heavy (non-hydrogen) atoms. The average molecular weight is 354 g/mol. The van der Waals surface area contributed by atoms with E-state index in [1.54, 1.807) is 25.3 Å². The number of anilines is 3. The molecule has 1 aliphatic rings. The van der Waals surface area contributed by atoms with Gasteiger partial charge in [-0.1, -0.05) is 6.07 Å². The fraction of sp³-hybridized carbons (Fsp3) is 0.350. The summed E-state index contributed by atoms with van der Waals surface area (Å²) in [6.07, 6.45) is 0. The fourth-order valence-corrected chi connectivity index (χ4v) is 3.17. The number of carbonyl (C=O) groups is 1. The first-order valence-electron chi connectivity index (χ1n) is 8.77. The third kappa shape index (κ3) is 3.91. The van der Waals surface area contributed by atoms with Crippen LogP contribution in [0.25, 0.3) is 0 Å². The molecule has 6 heteroatoms. The van der Waals surface area contributed by atoms with Crippen LogP contribution in [0, 0.1) is 6.92 Å². The molecule has 3 N–H and O–H groups in total. The number of piperazine rings is 1. The number of hydrogen-bond acceptors (Lipinski definition) is 5. The molecule has 0 bridgehead atoms. The van der Waals surface area contributed by atoms with Gasteiger partial charge in [0, 0.05) is 37.4 Å². The quantitative estimate of drug-likeness (QED) is 0.826. The second kappa shape index (κ2) is 7.66. The van der Waals surface area contributed by atoms with Crippen molar-refractivity contribution in [3.05, 3.63) is 47.5 Å². The number of nitrogens with zero attached hydrogens (tertiary/aromatic N) is 2. The Morgan fingerprint density at radius 1 is 1.15 bits per heavy atom. The number of methoxy groups -OCH3 is 1. The minimum absolute atomic E-state index is 0.205. The summed E-state index contributed by atoms with van der Waals surface area (Å²) < 4.78 is 5.19. The summed E-state index contributed by atoms with van der Waals surface area (Å²) >= 11 is 0. The Kier molecular flexibility index (Phi) is 5.32. The molecular weight excluding hydrogens is 328 g/mol. The van der Waals surface area contributed by atoms with Gasteiger partial charge in [0.1, 0.15) is 5.75 Å². The van der Waals surface area contributed by atoms with Crippen molar-refractivity contribution in [1.29, 1.82) is 0 Å². The van der Waals surface area contributed by atoms with E-state index in [2.05, 4.69) is 29.1 Å². The molecule has 0 aromatic heterocycles. The van der Waals surface area contributed by atoms with Crippen molar-refractivity contribution < 1.29 is 9.53 Å². The van der Waals surface area contributed by atoms with Gasteiger partial charge in [0.25, 0.3) is 5.91 Å². The van der Waals surface area contributed by atoms with Crippen molar-refractivity contribution >= 4 is 23.0 Å². The average Bonchev–Trinajstić information content (AvgIpc) is 2.64. The molecule has 138 valence electrons. The van der Waals surface area contributed by atoms with Gasteiger partial charge in [-0.2, -0.15) is 0 Å². The number of ether oxygens (including phenoxy) is 1. The van der Waals surface area contributed by atoms with Crippen LogP contribution in [0.15, 0.2) is 36.4 Å². The SMILES string of the molecule is COc1cccc(C(=O)Nc2cc(N3CCN(C)CC3)c(C)cc2N)c1. The smallest absolute Gasteiger partial charge is 0.255 e. The molecule has 0 spiro atoms. The van der Waals surface area contributed by atoms with Crippen LogP contribution in [0.3, 0.4) is 0 Å². The maximum Gasteiger partial charge on any atom is 0.255 e. The van der Waals surface area contributed by atoms with Crippen LogP contribution in [0.2, 0.25) is 0 Å². The zero-order chi connectivity index (χ0) is 18.7. The molecule has 1 amide bonds. The van der Waals surface area contributed by atoms with Gasteiger partial charge in [0.15, 0.2) is 0 Å². The van der Waals surface area contributed by atoms with E-state index in [1.807, 2.05) is 18.2 Å². The standard InChI is InChI=1S/C20H26N4O2/c1-14-11-17(21)18(13-19(14)24-9-7-23(2)8-10-24)22-20(25)15-5-4-6-16(12-15)26-3/h4-6,11-13H,7-10,21H2,1-3H3,(H,22,25). The zero-order valence-electron chi connectivity index (χ0n) is 15.6. The van der Waals surface area contributed by atoms with Crippen molar-refractivity contribution in [2.24, 2.45) is 0 Å². The Labute approximate surface area is 154 Å². The monoisotopic (exact) mass is 354 g/mol. The topological polar surface area (TPSA) is 70.8 Å². The highest BCUT2D eigenvalue weighted by Gasteiger charge is 2.18. The summed E-state index contributed by atoms with van der Waals surface area (Å²) in [6.45, 7) is 6.03. The third-order valence-corrected chi connectivity index (χ3v) is 4.79. The summed E-state index contributed by atoms with van der Waals surface area (Å²) in [6, 6.07) is 11.0. The summed E-state index contributed by atoms with van der Waals surface area (Å²) in [5, 5.41) is 2.94. The first-order valence-corrected chi connectivity index (χ1v) is 8.77. The Hall–Kier alpha value is -2.73. The number of aryl methyl sites for hydroxylation is 1. The van der Waals surface area contributed by atoms with Crippen LogP contribution in [0.4, 0.5) is 17.1 Å². The number of nitrogens with two attached hydrogens (primary N) is 1. The van der Waals surface area contributed by atoms with E-state index >= 15 is 0 Å². The molecule has 0 radical (unpaired) electrons. The number of likely N-dealkylation sites (N-methyl/N-ethyl adjacent to an activating group) is 1. The normalized spacial score (nSPS) is 15.0. The van der Waals surface area contributed by atoms with Gasteiger partial charge in [-0.15, -0.1) is 0 Å². The van der Waals surface area contributed by atoms with Gasteiger partial charge in [-0.05, 0) is 49.9 Å². The molecule has 0 atom stereocenters. The van der Waals surface area contributed by atoms with E-state index in [9.17, 15) is 4.79 Å². The predicted octanol–water partition coefficient (Wildman–Crippen LogP) is 2.59. The molecule has 3 rings (SSSR count). The third-order valence-electron chi connectivity index (χ3n) is 4.79. The largest absolute Gasteiger partial charge is 0.497 e. The van der Waals surface area contributed by atoms with E-state index in [0.29, 0.717) is 22.7 Å². The van der Waals surface area contributed by atoms with Crippen LogP contribution >= 0.6 is 0 Å². The zero-order valence-corrected chi connectivity index (χ0v) is 15.6. The number of nitrogen functional groups attached to an aromatic ring is 1. The molecule has 2 aromatic rings. The van der Waals surface area contributed by atoms with Gasteiger partial charge in [0.05, 0.1) is 18.5 Å². The molecule has 2 aromatic carbocycles. The lowest BCUT2D eigenvalue weighted by atomic mass is 10.1. The lowest BCUT2D eigenvalue weighted by Gasteiger charge is -2.35. The number of rotatable bonds is 4. The second-order valence-electron chi connectivity index (χ2n) is 6.70. The summed E-state index contributed by atoms with van der Waals surface area (Å²) in [7, 11) is 3.71. The lowest BCUT2D eigenvalue weighted by Crippen LogP contribution is -2.44. The summed E-state index contributed by atoms with van der Waals surface area (Å²) in [5.41, 5.74) is 10.1. The van der Waals surface area contributed by atoms with Gasteiger partial charge < -0.3 is 25.6 Å². The number of hydrogen-bond donors (Lipinski definition) is 2. The van der Waals surface area contributed by atoms with Crippen LogP contribution in [0.5, 0.6) is 5.75 Å². The minimum Gasteiger partial charge on any atom is -0.497 e. The van der Waals surface area contributed by atoms with Crippen molar-refractivity contribution in [3.63, 3.8) is 0 Å². The van der Waals surface area contributed by atoms with Gasteiger partial charge in [0.2, 0.25) is 0 Å². The van der Waals surface area contributed by atoms with Gasteiger partial charge in [-0.3, -0.25) is 4.79 Å². The predicted molar refractivity (Wildman–Crippen MR) is 106 cm³/mol. The highest BCUT2D eigenvalue weighted by atomic mass is 16.5. The molecule has 6 nitrogen and oxygen atoms in total. The summed E-state index contributed by atoms with van der Waals surface area (Å²) in [4.78, 5) is 17.3. The highest BCUT2D eigenvalue weighted by Crippen LogP contribution is 2.31. The van der Waals surface area contributed by atoms with Crippen molar-refractivity contribution in [3.8, 4) is 5.75 Å². The van der Waals surface area contributed by atoms with Crippen LogP contribution < -0.4 is 20.7 Å². The summed E-state index contributed by atoms with van der Waals surface area (Å²) in [5.74, 6) is 0.441. The number of nitrogens with one attached hydrogen (secondary N) is 1. The molecular formula is C20H26N4O2.